The van der Waals surface area contributed by atoms with Crippen molar-refractivity contribution in [2.45, 2.75) is 6.42 Å². The molecule has 0 saturated carbocycles. The summed E-state index contributed by atoms with van der Waals surface area (Å²) in [7, 11) is 2.35. The van der Waals surface area contributed by atoms with Gasteiger partial charge in [0.1, 0.15) is 11.5 Å². The Morgan fingerprint density at radius 1 is 1.32 bits per heavy atom. The standard InChI is InChI=1S/C12H11ClFNO4/c1-18-11(16)6-10(12(17)19-2)15-7-3-4-9(14)8(13)5-7/h3-5H,6H2,1-2H3. The maximum atomic E-state index is 13.0. The van der Waals surface area contributed by atoms with Crippen molar-refractivity contribution in [3.8, 4) is 0 Å². The van der Waals surface area contributed by atoms with E-state index in [9.17, 15) is 14.0 Å². The molecule has 0 amide bonds. The quantitative estimate of drug-likeness (QED) is 0.629. The van der Waals surface area contributed by atoms with Crippen molar-refractivity contribution in [2.24, 2.45) is 4.99 Å². The van der Waals surface area contributed by atoms with E-state index >= 15 is 0 Å². The van der Waals surface area contributed by atoms with E-state index in [0.717, 1.165) is 13.2 Å². The molecule has 0 aromatic heterocycles. The van der Waals surface area contributed by atoms with Crippen LogP contribution in [0.4, 0.5) is 10.1 Å². The van der Waals surface area contributed by atoms with Gasteiger partial charge in [-0.25, -0.2) is 14.2 Å². The fraction of sp³-hybridized carbons (Fsp3) is 0.250. The zero-order valence-corrected chi connectivity index (χ0v) is 11.0. The Balaban J connectivity index is 3.08. The van der Waals surface area contributed by atoms with Crippen LogP contribution in [0.5, 0.6) is 0 Å². The first-order chi connectivity index (χ1) is 8.97. The van der Waals surface area contributed by atoms with Gasteiger partial charge in [0.15, 0.2) is 0 Å². The van der Waals surface area contributed by atoms with E-state index in [2.05, 4.69) is 14.5 Å². The zero-order valence-electron chi connectivity index (χ0n) is 10.3. The van der Waals surface area contributed by atoms with Crippen LogP contribution in [0.2, 0.25) is 5.02 Å². The van der Waals surface area contributed by atoms with Crippen molar-refractivity contribution in [1.29, 1.82) is 0 Å². The molecular weight excluding hydrogens is 277 g/mol. The van der Waals surface area contributed by atoms with E-state index in [1.165, 1.54) is 19.2 Å². The highest BCUT2D eigenvalue weighted by molar-refractivity contribution is 6.40. The second-order valence-electron chi connectivity index (χ2n) is 3.40. The van der Waals surface area contributed by atoms with Gasteiger partial charge in [0.2, 0.25) is 0 Å². The lowest BCUT2D eigenvalue weighted by Gasteiger charge is -2.04. The molecule has 102 valence electrons. The molecule has 0 saturated heterocycles. The number of halogens is 2. The van der Waals surface area contributed by atoms with Crippen LogP contribution < -0.4 is 0 Å². The van der Waals surface area contributed by atoms with Crippen molar-refractivity contribution in [3.05, 3.63) is 29.0 Å². The summed E-state index contributed by atoms with van der Waals surface area (Å²) < 4.78 is 21.9. The molecule has 0 atom stereocenters. The predicted molar refractivity (Wildman–Crippen MR) is 67.2 cm³/mol. The van der Waals surface area contributed by atoms with Crippen molar-refractivity contribution in [2.75, 3.05) is 14.2 Å². The number of aliphatic imine (C=N–C) groups is 1. The van der Waals surface area contributed by atoms with E-state index in [1.54, 1.807) is 0 Å². The minimum atomic E-state index is -0.772. The molecule has 1 rings (SSSR count). The summed E-state index contributed by atoms with van der Waals surface area (Å²) in [5.74, 6) is -2.02. The molecular formula is C12H11ClFNO4. The van der Waals surface area contributed by atoms with E-state index in [4.69, 9.17) is 11.6 Å². The third-order valence-corrected chi connectivity index (χ3v) is 2.42. The van der Waals surface area contributed by atoms with E-state index in [1.807, 2.05) is 0 Å². The van der Waals surface area contributed by atoms with Crippen molar-refractivity contribution < 1.29 is 23.5 Å². The lowest BCUT2D eigenvalue weighted by molar-refractivity contribution is -0.140. The van der Waals surface area contributed by atoms with Gasteiger partial charge in [-0.2, -0.15) is 0 Å². The molecule has 19 heavy (non-hydrogen) atoms. The molecule has 0 N–H and O–H groups in total. The predicted octanol–water partition coefficient (Wildman–Crippen LogP) is 2.29. The molecule has 1 aromatic carbocycles. The highest BCUT2D eigenvalue weighted by Gasteiger charge is 2.17. The summed E-state index contributed by atoms with van der Waals surface area (Å²) in [4.78, 5) is 26.5. The first kappa shape index (κ1) is 15.1. The molecule has 5 nitrogen and oxygen atoms in total. The summed E-state index contributed by atoms with van der Waals surface area (Å²) in [6.45, 7) is 0. The molecule has 7 heteroatoms. The van der Waals surface area contributed by atoms with Crippen LogP contribution in [0.25, 0.3) is 0 Å². The number of carbonyl (C=O) groups excluding carboxylic acids is 2. The first-order valence-electron chi connectivity index (χ1n) is 5.15. The topological polar surface area (TPSA) is 65.0 Å². The largest absolute Gasteiger partial charge is 0.469 e. The van der Waals surface area contributed by atoms with Crippen LogP contribution in [-0.4, -0.2) is 31.9 Å². The lowest BCUT2D eigenvalue weighted by Crippen LogP contribution is -2.20. The fourth-order valence-electron chi connectivity index (χ4n) is 1.19. The van der Waals surface area contributed by atoms with Gasteiger partial charge in [-0.05, 0) is 18.2 Å². The number of hydrogen-bond donors (Lipinski definition) is 0. The average molecular weight is 288 g/mol. The highest BCUT2D eigenvalue weighted by Crippen LogP contribution is 2.22. The molecule has 0 bridgehead atoms. The van der Waals surface area contributed by atoms with Crippen LogP contribution in [0.1, 0.15) is 6.42 Å². The molecule has 0 aliphatic carbocycles. The first-order valence-corrected chi connectivity index (χ1v) is 5.53. The fourth-order valence-corrected chi connectivity index (χ4v) is 1.37. The summed E-state index contributed by atoms with van der Waals surface area (Å²) in [6, 6.07) is 3.66. The Kier molecular flexibility index (Phi) is 5.44. The van der Waals surface area contributed by atoms with Crippen molar-refractivity contribution in [3.63, 3.8) is 0 Å². The highest BCUT2D eigenvalue weighted by atomic mass is 35.5. The maximum Gasteiger partial charge on any atom is 0.353 e. The number of benzene rings is 1. The smallest absolute Gasteiger partial charge is 0.353 e. The summed E-state index contributed by atoms with van der Waals surface area (Å²) in [6.07, 6.45) is -0.349. The van der Waals surface area contributed by atoms with E-state index in [-0.39, 0.29) is 22.8 Å². The molecule has 0 radical (unpaired) electrons. The minimum absolute atomic E-state index is 0.136. The molecule has 0 unspecified atom stereocenters. The summed E-state index contributed by atoms with van der Waals surface area (Å²) >= 11 is 5.59. The molecule has 0 aliphatic heterocycles. The molecule has 0 heterocycles. The number of methoxy groups -OCH3 is 2. The van der Waals surface area contributed by atoms with Crippen molar-refractivity contribution >= 4 is 34.9 Å². The Labute approximate surface area is 114 Å². The van der Waals surface area contributed by atoms with Crippen molar-refractivity contribution in [1.82, 2.24) is 0 Å². The van der Waals surface area contributed by atoms with Gasteiger partial charge in [-0.15, -0.1) is 0 Å². The number of esters is 2. The van der Waals surface area contributed by atoms with Crippen LogP contribution in [0, 0.1) is 5.82 Å². The van der Waals surface area contributed by atoms with E-state index < -0.39 is 17.8 Å². The van der Waals surface area contributed by atoms with Gasteiger partial charge in [-0.3, -0.25) is 4.79 Å². The Bertz CT molecular complexity index is 530. The SMILES string of the molecule is COC(=O)CC(=Nc1ccc(F)c(Cl)c1)C(=O)OC. The van der Waals surface area contributed by atoms with Gasteiger partial charge in [0, 0.05) is 0 Å². The maximum absolute atomic E-state index is 13.0. The number of rotatable bonds is 4. The number of ether oxygens (including phenoxy) is 2. The molecule has 0 spiro atoms. The van der Waals surface area contributed by atoms with Gasteiger partial charge >= 0.3 is 11.9 Å². The second-order valence-corrected chi connectivity index (χ2v) is 3.81. The molecule has 0 aliphatic rings. The normalized spacial score (nSPS) is 11.1. The Hall–Kier alpha value is -1.95. The minimum Gasteiger partial charge on any atom is -0.469 e. The molecule has 1 aromatic rings. The summed E-state index contributed by atoms with van der Waals surface area (Å²) in [5.41, 5.74) is 0.0766. The third-order valence-electron chi connectivity index (χ3n) is 2.13. The number of carbonyl (C=O) groups is 2. The van der Waals surface area contributed by atoms with Gasteiger partial charge in [0.25, 0.3) is 0 Å². The Morgan fingerprint density at radius 3 is 2.53 bits per heavy atom. The van der Waals surface area contributed by atoms with Crippen LogP contribution in [0.15, 0.2) is 23.2 Å². The second kappa shape index (κ2) is 6.84. The monoisotopic (exact) mass is 287 g/mol. The average Bonchev–Trinajstić information content (AvgIpc) is 2.41. The zero-order chi connectivity index (χ0) is 14.4. The summed E-state index contributed by atoms with van der Waals surface area (Å²) in [5, 5.41) is -0.136. The van der Waals surface area contributed by atoms with E-state index in [0.29, 0.717) is 0 Å². The van der Waals surface area contributed by atoms with Crippen LogP contribution >= 0.6 is 11.6 Å². The third kappa shape index (κ3) is 4.33. The number of hydrogen-bond acceptors (Lipinski definition) is 5. The van der Waals surface area contributed by atoms with Gasteiger partial charge < -0.3 is 9.47 Å². The van der Waals surface area contributed by atoms with Gasteiger partial charge in [-0.1, -0.05) is 11.6 Å². The lowest BCUT2D eigenvalue weighted by atomic mass is 10.2. The number of nitrogens with zero attached hydrogens (tertiary/aromatic N) is 1. The van der Waals surface area contributed by atoms with Crippen LogP contribution in [-0.2, 0) is 19.1 Å². The van der Waals surface area contributed by atoms with Gasteiger partial charge in [0.05, 0.1) is 31.4 Å². The Morgan fingerprint density at radius 2 is 2.00 bits per heavy atom. The molecule has 0 fully saturated rings. The van der Waals surface area contributed by atoms with Crippen LogP contribution in [0.3, 0.4) is 0 Å².